The van der Waals surface area contributed by atoms with Gasteiger partial charge in [0.15, 0.2) is 0 Å². The van der Waals surface area contributed by atoms with Crippen LogP contribution >= 0.6 is 0 Å². The molecule has 0 spiro atoms. The van der Waals surface area contributed by atoms with Crippen LogP contribution in [0.25, 0.3) is 0 Å². The number of nitrogens with zero attached hydrogens (tertiary/aromatic N) is 1. The van der Waals surface area contributed by atoms with Gasteiger partial charge in [-0.05, 0) is 18.2 Å². The molecule has 4 nitrogen and oxygen atoms in total. The number of hydrogen-bond acceptors (Lipinski definition) is 3. The maximum Gasteiger partial charge on any atom is 0.117 e. The predicted molar refractivity (Wildman–Crippen MR) is 47.8 cm³/mol. The molecule has 4 heteroatoms. The topological polar surface area (TPSA) is 53.9 Å². The van der Waals surface area contributed by atoms with Crippen LogP contribution in [0.3, 0.4) is 0 Å². The summed E-state index contributed by atoms with van der Waals surface area (Å²) in [4.78, 5) is 0. The van der Waals surface area contributed by atoms with E-state index in [1.807, 2.05) is 18.2 Å². The minimum atomic E-state index is 0.742. The van der Waals surface area contributed by atoms with Crippen LogP contribution in [-0.2, 0) is 13.1 Å². The number of furan rings is 1. The van der Waals surface area contributed by atoms with Crippen molar-refractivity contribution in [1.29, 1.82) is 0 Å². The summed E-state index contributed by atoms with van der Waals surface area (Å²) in [5.41, 5.74) is 1.08. The minimum Gasteiger partial charge on any atom is -0.468 e. The van der Waals surface area contributed by atoms with Crippen molar-refractivity contribution in [3.05, 3.63) is 42.1 Å². The van der Waals surface area contributed by atoms with E-state index in [9.17, 15) is 0 Å². The molecule has 0 amide bonds. The third-order valence-electron chi connectivity index (χ3n) is 1.75. The summed E-state index contributed by atoms with van der Waals surface area (Å²) in [7, 11) is 0. The van der Waals surface area contributed by atoms with Crippen LogP contribution in [-0.4, -0.2) is 10.2 Å². The maximum atomic E-state index is 5.16. The van der Waals surface area contributed by atoms with Gasteiger partial charge in [0.1, 0.15) is 5.76 Å². The second kappa shape index (κ2) is 3.91. The lowest BCUT2D eigenvalue weighted by Crippen LogP contribution is -2.12. The highest BCUT2D eigenvalue weighted by atomic mass is 16.3. The van der Waals surface area contributed by atoms with Crippen molar-refractivity contribution >= 4 is 0 Å². The summed E-state index contributed by atoms with van der Waals surface area (Å²) in [6, 6.07) is 5.77. The highest BCUT2D eigenvalue weighted by Crippen LogP contribution is 1.99. The monoisotopic (exact) mass is 177 g/mol. The van der Waals surface area contributed by atoms with Gasteiger partial charge in [-0.25, -0.2) is 0 Å². The largest absolute Gasteiger partial charge is 0.468 e. The van der Waals surface area contributed by atoms with Crippen LogP contribution in [0.15, 0.2) is 35.1 Å². The highest BCUT2D eigenvalue weighted by Gasteiger charge is 1.95. The van der Waals surface area contributed by atoms with Crippen molar-refractivity contribution in [2.24, 2.45) is 0 Å². The average Bonchev–Trinajstić information content (AvgIpc) is 2.75. The minimum absolute atomic E-state index is 0.742. The van der Waals surface area contributed by atoms with Crippen molar-refractivity contribution in [1.82, 2.24) is 15.5 Å². The molecule has 0 fully saturated rings. The number of aromatic amines is 1. The molecule has 0 aliphatic heterocycles. The fourth-order valence-electron chi connectivity index (χ4n) is 1.12. The van der Waals surface area contributed by atoms with Gasteiger partial charge in [-0.1, -0.05) is 0 Å². The predicted octanol–water partition coefficient (Wildman–Crippen LogP) is 1.29. The first-order valence-electron chi connectivity index (χ1n) is 4.16. The molecular formula is C9H11N3O. The van der Waals surface area contributed by atoms with Gasteiger partial charge in [-0.15, -0.1) is 0 Å². The first kappa shape index (κ1) is 8.07. The third-order valence-corrected chi connectivity index (χ3v) is 1.75. The number of nitrogens with one attached hydrogen (secondary N) is 2. The van der Waals surface area contributed by atoms with Gasteiger partial charge in [0.25, 0.3) is 0 Å². The Kier molecular flexibility index (Phi) is 2.43. The molecule has 2 rings (SSSR count). The standard InChI is InChI=1S/C9H11N3O/c1-2-9(13-5-1)7-10-6-8-3-4-11-12-8/h1-5,10H,6-7H2,(H,11,12). The summed E-state index contributed by atoms with van der Waals surface area (Å²) >= 11 is 0. The number of hydrogen-bond donors (Lipinski definition) is 2. The molecule has 2 aromatic heterocycles. The molecule has 2 heterocycles. The van der Waals surface area contributed by atoms with Crippen LogP contribution in [0.2, 0.25) is 0 Å². The van der Waals surface area contributed by atoms with E-state index < -0.39 is 0 Å². The quantitative estimate of drug-likeness (QED) is 0.740. The van der Waals surface area contributed by atoms with Crippen LogP contribution < -0.4 is 5.32 Å². The molecule has 0 aliphatic rings. The second-order valence-corrected chi connectivity index (χ2v) is 2.76. The average molecular weight is 177 g/mol. The molecule has 2 N–H and O–H groups in total. The number of rotatable bonds is 4. The van der Waals surface area contributed by atoms with Crippen LogP contribution in [0.5, 0.6) is 0 Å². The Labute approximate surface area is 76.0 Å². The molecule has 2 aromatic rings. The lowest BCUT2D eigenvalue weighted by Gasteiger charge is -1.98. The van der Waals surface area contributed by atoms with Crippen molar-refractivity contribution in [2.75, 3.05) is 0 Å². The van der Waals surface area contributed by atoms with E-state index in [4.69, 9.17) is 4.42 Å². The second-order valence-electron chi connectivity index (χ2n) is 2.76. The van der Waals surface area contributed by atoms with E-state index in [2.05, 4.69) is 15.5 Å². The Morgan fingerprint density at radius 2 is 2.38 bits per heavy atom. The lowest BCUT2D eigenvalue weighted by atomic mass is 10.4. The maximum absolute atomic E-state index is 5.16. The summed E-state index contributed by atoms with van der Waals surface area (Å²) in [6.07, 6.45) is 3.41. The van der Waals surface area contributed by atoms with E-state index in [0.29, 0.717) is 0 Å². The molecule has 68 valence electrons. The first-order valence-corrected chi connectivity index (χ1v) is 4.16. The smallest absolute Gasteiger partial charge is 0.117 e. The Morgan fingerprint density at radius 1 is 1.38 bits per heavy atom. The first-order chi connectivity index (χ1) is 6.45. The fourth-order valence-corrected chi connectivity index (χ4v) is 1.12. The van der Waals surface area contributed by atoms with Gasteiger partial charge in [-0.3, -0.25) is 5.10 Å². The van der Waals surface area contributed by atoms with Gasteiger partial charge >= 0.3 is 0 Å². The van der Waals surface area contributed by atoms with Gasteiger partial charge in [0.05, 0.1) is 12.8 Å². The molecular weight excluding hydrogens is 166 g/mol. The van der Waals surface area contributed by atoms with Crippen molar-refractivity contribution in [3.63, 3.8) is 0 Å². The van der Waals surface area contributed by atoms with Gasteiger partial charge < -0.3 is 9.73 Å². The molecule has 0 atom stereocenters. The Morgan fingerprint density at radius 3 is 3.08 bits per heavy atom. The molecule has 13 heavy (non-hydrogen) atoms. The van der Waals surface area contributed by atoms with Crippen LogP contribution in [0.1, 0.15) is 11.5 Å². The third kappa shape index (κ3) is 2.19. The Balaban J connectivity index is 1.76. The zero-order chi connectivity index (χ0) is 8.93. The molecule has 0 unspecified atom stereocenters. The lowest BCUT2D eigenvalue weighted by molar-refractivity contribution is 0.481. The van der Waals surface area contributed by atoms with Crippen molar-refractivity contribution < 1.29 is 4.42 Å². The zero-order valence-corrected chi connectivity index (χ0v) is 7.16. The summed E-state index contributed by atoms with van der Waals surface area (Å²) in [5, 5.41) is 9.95. The van der Waals surface area contributed by atoms with Gasteiger partial charge in [-0.2, -0.15) is 5.10 Å². The van der Waals surface area contributed by atoms with E-state index in [1.54, 1.807) is 12.5 Å². The van der Waals surface area contributed by atoms with Crippen molar-refractivity contribution in [2.45, 2.75) is 13.1 Å². The van der Waals surface area contributed by atoms with Gasteiger partial charge in [0, 0.05) is 18.4 Å². The Bertz CT molecular complexity index is 291. The van der Waals surface area contributed by atoms with E-state index >= 15 is 0 Å². The van der Waals surface area contributed by atoms with E-state index in [0.717, 1.165) is 24.5 Å². The summed E-state index contributed by atoms with van der Waals surface area (Å²) in [6.45, 7) is 1.52. The molecule has 0 aliphatic carbocycles. The van der Waals surface area contributed by atoms with Gasteiger partial charge in [0.2, 0.25) is 0 Å². The zero-order valence-electron chi connectivity index (χ0n) is 7.16. The fraction of sp³-hybridized carbons (Fsp3) is 0.222. The van der Waals surface area contributed by atoms with E-state index in [-0.39, 0.29) is 0 Å². The van der Waals surface area contributed by atoms with E-state index in [1.165, 1.54) is 0 Å². The molecule has 0 bridgehead atoms. The number of aromatic nitrogens is 2. The molecule has 0 aromatic carbocycles. The number of H-pyrrole nitrogens is 1. The van der Waals surface area contributed by atoms with Crippen molar-refractivity contribution in [3.8, 4) is 0 Å². The molecule has 0 radical (unpaired) electrons. The normalized spacial score (nSPS) is 10.5. The molecule has 0 saturated heterocycles. The van der Waals surface area contributed by atoms with Crippen LogP contribution in [0, 0.1) is 0 Å². The summed E-state index contributed by atoms with van der Waals surface area (Å²) in [5.74, 6) is 0.944. The summed E-state index contributed by atoms with van der Waals surface area (Å²) < 4.78 is 5.16. The Hall–Kier alpha value is -1.55. The highest BCUT2D eigenvalue weighted by molar-refractivity contribution is 4.99. The van der Waals surface area contributed by atoms with Crippen LogP contribution in [0.4, 0.5) is 0 Å². The SMILES string of the molecule is c1coc(CNCc2ccn[nH]2)c1. The molecule has 0 saturated carbocycles.